The lowest BCUT2D eigenvalue weighted by Crippen LogP contribution is -2.45. The van der Waals surface area contributed by atoms with Gasteiger partial charge >= 0.3 is 0 Å². The molecule has 1 saturated heterocycles. The molecule has 3 N–H and O–H groups in total. The standard InChI is InChI=1S/C17H25N3O2/c1-12-4-3-5-15(10-12)20(9-7-16(18)21)17(22)14-6-8-19-13(2)11-14/h3-5,10,13-14,19H,6-9,11H2,1-2H3,(H2,18,21)/t13-,14-/m0/s1. The van der Waals surface area contributed by atoms with Crippen molar-refractivity contribution in [3.05, 3.63) is 29.8 Å². The van der Waals surface area contributed by atoms with Crippen molar-refractivity contribution in [3.63, 3.8) is 0 Å². The van der Waals surface area contributed by atoms with E-state index in [4.69, 9.17) is 5.73 Å². The summed E-state index contributed by atoms with van der Waals surface area (Å²) in [4.78, 5) is 25.8. The molecule has 0 aliphatic carbocycles. The molecule has 22 heavy (non-hydrogen) atoms. The van der Waals surface area contributed by atoms with Crippen LogP contribution in [0.1, 0.15) is 31.7 Å². The number of benzene rings is 1. The van der Waals surface area contributed by atoms with Gasteiger partial charge in [-0.2, -0.15) is 0 Å². The van der Waals surface area contributed by atoms with Gasteiger partial charge in [-0.15, -0.1) is 0 Å². The molecule has 0 saturated carbocycles. The van der Waals surface area contributed by atoms with E-state index in [2.05, 4.69) is 12.2 Å². The van der Waals surface area contributed by atoms with Crippen LogP contribution < -0.4 is 16.0 Å². The first-order chi connectivity index (χ1) is 10.5. The highest BCUT2D eigenvalue weighted by Crippen LogP contribution is 2.24. The second-order valence-corrected chi connectivity index (χ2v) is 6.12. The van der Waals surface area contributed by atoms with Gasteiger partial charge in [0, 0.05) is 30.6 Å². The number of primary amides is 1. The lowest BCUT2D eigenvalue weighted by Gasteiger charge is -2.32. The van der Waals surface area contributed by atoms with Crippen LogP contribution >= 0.6 is 0 Å². The van der Waals surface area contributed by atoms with Gasteiger partial charge in [-0.05, 0) is 50.9 Å². The Labute approximate surface area is 131 Å². The largest absolute Gasteiger partial charge is 0.370 e. The fourth-order valence-corrected chi connectivity index (χ4v) is 2.96. The summed E-state index contributed by atoms with van der Waals surface area (Å²) in [6, 6.07) is 8.16. The number of piperidine rings is 1. The van der Waals surface area contributed by atoms with E-state index in [9.17, 15) is 9.59 Å². The number of aryl methyl sites for hydroxylation is 1. The van der Waals surface area contributed by atoms with Crippen molar-refractivity contribution in [1.29, 1.82) is 0 Å². The molecule has 1 fully saturated rings. The van der Waals surface area contributed by atoms with Gasteiger partial charge in [0.2, 0.25) is 11.8 Å². The average Bonchev–Trinajstić information content (AvgIpc) is 2.47. The minimum Gasteiger partial charge on any atom is -0.370 e. The molecule has 1 aromatic carbocycles. The zero-order valence-corrected chi connectivity index (χ0v) is 13.3. The average molecular weight is 303 g/mol. The lowest BCUT2D eigenvalue weighted by atomic mass is 9.91. The van der Waals surface area contributed by atoms with Crippen LogP contribution in [0.25, 0.3) is 0 Å². The molecule has 5 nitrogen and oxygen atoms in total. The maximum Gasteiger partial charge on any atom is 0.230 e. The number of anilines is 1. The molecule has 1 aromatic rings. The van der Waals surface area contributed by atoms with Crippen LogP contribution in [-0.2, 0) is 9.59 Å². The number of carbonyl (C=O) groups excluding carboxylic acids is 2. The Morgan fingerprint density at radius 2 is 2.18 bits per heavy atom. The maximum atomic E-state index is 12.9. The van der Waals surface area contributed by atoms with Crippen LogP contribution in [0.3, 0.4) is 0 Å². The fourth-order valence-electron chi connectivity index (χ4n) is 2.96. The number of rotatable bonds is 5. The highest BCUT2D eigenvalue weighted by Gasteiger charge is 2.29. The zero-order chi connectivity index (χ0) is 16.1. The highest BCUT2D eigenvalue weighted by molar-refractivity contribution is 5.95. The molecule has 2 atom stereocenters. The molecule has 1 heterocycles. The van der Waals surface area contributed by atoms with Crippen LogP contribution in [0.4, 0.5) is 5.69 Å². The quantitative estimate of drug-likeness (QED) is 0.867. The first-order valence-electron chi connectivity index (χ1n) is 7.87. The number of nitrogens with one attached hydrogen (secondary N) is 1. The summed E-state index contributed by atoms with van der Waals surface area (Å²) in [5.74, 6) is -0.283. The van der Waals surface area contributed by atoms with E-state index in [1.54, 1.807) is 4.90 Å². The number of nitrogens with two attached hydrogens (primary N) is 1. The molecule has 1 aliphatic heterocycles. The van der Waals surface area contributed by atoms with Crippen molar-refractivity contribution in [1.82, 2.24) is 5.32 Å². The monoisotopic (exact) mass is 303 g/mol. The minimum atomic E-state index is -0.385. The second kappa shape index (κ2) is 7.40. The van der Waals surface area contributed by atoms with E-state index < -0.39 is 0 Å². The molecule has 120 valence electrons. The lowest BCUT2D eigenvalue weighted by molar-refractivity contribution is -0.123. The third-order valence-electron chi connectivity index (χ3n) is 4.13. The number of hydrogen-bond acceptors (Lipinski definition) is 3. The van der Waals surface area contributed by atoms with Gasteiger partial charge in [0.05, 0.1) is 0 Å². The Balaban J connectivity index is 2.19. The zero-order valence-electron chi connectivity index (χ0n) is 13.3. The summed E-state index contributed by atoms with van der Waals surface area (Å²) in [6.07, 6.45) is 1.85. The van der Waals surface area contributed by atoms with E-state index in [1.807, 2.05) is 31.2 Å². The molecular formula is C17H25N3O2. The Morgan fingerprint density at radius 3 is 2.82 bits per heavy atom. The van der Waals surface area contributed by atoms with E-state index in [1.165, 1.54) is 0 Å². The van der Waals surface area contributed by atoms with Gasteiger partial charge in [0.15, 0.2) is 0 Å². The molecule has 0 radical (unpaired) electrons. The van der Waals surface area contributed by atoms with Crippen LogP contribution in [0.5, 0.6) is 0 Å². The fraction of sp³-hybridized carbons (Fsp3) is 0.529. The number of amides is 2. The predicted molar refractivity (Wildman–Crippen MR) is 87.5 cm³/mol. The SMILES string of the molecule is Cc1cccc(N(CCC(N)=O)C(=O)[C@H]2CCN[C@@H](C)C2)c1. The normalized spacial score (nSPS) is 21.4. The molecule has 0 bridgehead atoms. The Bertz CT molecular complexity index is 544. The van der Waals surface area contributed by atoms with Gasteiger partial charge in [-0.3, -0.25) is 9.59 Å². The summed E-state index contributed by atoms with van der Waals surface area (Å²) in [7, 11) is 0. The Hall–Kier alpha value is -1.88. The predicted octanol–water partition coefficient (Wildman–Crippen LogP) is 1.59. The molecule has 0 aromatic heterocycles. The molecule has 0 spiro atoms. The molecular weight excluding hydrogens is 278 g/mol. The van der Waals surface area contributed by atoms with Crippen molar-refractivity contribution >= 4 is 17.5 Å². The van der Waals surface area contributed by atoms with Crippen LogP contribution in [0.2, 0.25) is 0 Å². The van der Waals surface area contributed by atoms with Crippen molar-refractivity contribution < 1.29 is 9.59 Å². The maximum absolute atomic E-state index is 12.9. The first kappa shape index (κ1) is 16.5. The summed E-state index contributed by atoms with van der Waals surface area (Å²) in [5.41, 5.74) is 7.20. The van der Waals surface area contributed by atoms with Crippen molar-refractivity contribution in [2.45, 2.75) is 39.2 Å². The summed E-state index contributed by atoms with van der Waals surface area (Å²) >= 11 is 0. The first-order valence-corrected chi connectivity index (χ1v) is 7.87. The Kier molecular flexibility index (Phi) is 5.55. The van der Waals surface area contributed by atoms with E-state index >= 15 is 0 Å². The van der Waals surface area contributed by atoms with Crippen LogP contribution in [0.15, 0.2) is 24.3 Å². The summed E-state index contributed by atoms with van der Waals surface area (Å²) < 4.78 is 0. The van der Waals surface area contributed by atoms with Gasteiger partial charge in [0.25, 0.3) is 0 Å². The number of nitrogens with zero attached hydrogens (tertiary/aromatic N) is 1. The van der Waals surface area contributed by atoms with E-state index in [0.717, 1.165) is 30.6 Å². The van der Waals surface area contributed by atoms with Crippen LogP contribution in [-0.4, -0.2) is 30.9 Å². The van der Waals surface area contributed by atoms with Gasteiger partial charge in [-0.1, -0.05) is 12.1 Å². The van der Waals surface area contributed by atoms with Gasteiger partial charge < -0.3 is 16.0 Å². The molecule has 2 amide bonds. The molecule has 2 rings (SSSR count). The van der Waals surface area contributed by atoms with Crippen LogP contribution in [0, 0.1) is 12.8 Å². The number of hydrogen-bond donors (Lipinski definition) is 2. The second-order valence-electron chi connectivity index (χ2n) is 6.12. The van der Waals surface area contributed by atoms with Crippen molar-refractivity contribution in [3.8, 4) is 0 Å². The molecule has 1 aliphatic rings. The smallest absolute Gasteiger partial charge is 0.230 e. The van der Waals surface area contributed by atoms with Gasteiger partial charge in [0.1, 0.15) is 0 Å². The third kappa shape index (κ3) is 4.31. The topological polar surface area (TPSA) is 75.4 Å². The van der Waals surface area contributed by atoms with Crippen molar-refractivity contribution in [2.75, 3.05) is 18.0 Å². The number of carbonyl (C=O) groups is 2. The minimum absolute atomic E-state index is 0.00430. The summed E-state index contributed by atoms with van der Waals surface area (Å²) in [5, 5.41) is 3.36. The summed E-state index contributed by atoms with van der Waals surface area (Å²) in [6.45, 7) is 5.29. The van der Waals surface area contributed by atoms with Gasteiger partial charge in [-0.25, -0.2) is 0 Å². The van der Waals surface area contributed by atoms with Crippen molar-refractivity contribution in [2.24, 2.45) is 11.7 Å². The highest BCUT2D eigenvalue weighted by atomic mass is 16.2. The molecule has 0 unspecified atom stereocenters. The van der Waals surface area contributed by atoms with E-state index in [0.29, 0.717) is 12.6 Å². The molecule has 5 heteroatoms. The Morgan fingerprint density at radius 1 is 1.41 bits per heavy atom. The third-order valence-corrected chi connectivity index (χ3v) is 4.13. The van der Waals surface area contributed by atoms with E-state index in [-0.39, 0.29) is 24.2 Å².